The Hall–Kier alpha value is -3.72. The summed E-state index contributed by atoms with van der Waals surface area (Å²) in [4.78, 5) is 56.1. The maximum atomic E-state index is 13.1. The van der Waals surface area contributed by atoms with Crippen LogP contribution >= 0.6 is 0 Å². The molecule has 3 atom stereocenters. The van der Waals surface area contributed by atoms with Crippen LogP contribution in [0.15, 0.2) is 48.5 Å². The highest BCUT2D eigenvalue weighted by Crippen LogP contribution is 2.38. The number of imide groups is 1. The van der Waals surface area contributed by atoms with E-state index in [1.165, 1.54) is 6.42 Å². The van der Waals surface area contributed by atoms with E-state index in [1.807, 2.05) is 53.4 Å². The Bertz CT molecular complexity index is 1400. The van der Waals surface area contributed by atoms with Crippen LogP contribution in [0.4, 0.5) is 0 Å². The lowest BCUT2D eigenvalue weighted by molar-refractivity contribution is -0.136. The summed E-state index contributed by atoms with van der Waals surface area (Å²) in [6, 6.07) is 15.1. The molecule has 7 rings (SSSR count). The van der Waals surface area contributed by atoms with Gasteiger partial charge < -0.3 is 14.5 Å². The molecule has 4 heterocycles. The summed E-state index contributed by atoms with van der Waals surface area (Å²) in [5, 5.41) is 2.37. The number of likely N-dealkylation sites (tertiary alicyclic amines) is 2. The third-order valence-corrected chi connectivity index (χ3v) is 10.4. The first-order valence-corrected chi connectivity index (χ1v) is 16.0. The van der Waals surface area contributed by atoms with E-state index in [0.29, 0.717) is 36.4 Å². The van der Waals surface area contributed by atoms with Crippen molar-refractivity contribution in [3.05, 3.63) is 65.2 Å². The summed E-state index contributed by atoms with van der Waals surface area (Å²) in [7, 11) is 0. The van der Waals surface area contributed by atoms with E-state index in [1.54, 1.807) is 4.90 Å². The van der Waals surface area contributed by atoms with Gasteiger partial charge in [-0.15, -0.1) is 0 Å². The second-order valence-corrected chi connectivity index (χ2v) is 12.9. The van der Waals surface area contributed by atoms with Crippen molar-refractivity contribution in [2.45, 2.75) is 76.1 Å². The summed E-state index contributed by atoms with van der Waals surface area (Å²) in [5.74, 6) is 1.45. The molecule has 5 aliphatic rings. The topological polar surface area (TPSA) is 99.3 Å². The van der Waals surface area contributed by atoms with Crippen LogP contribution < -0.4 is 10.1 Å². The molecule has 43 heavy (non-hydrogen) atoms. The predicted octanol–water partition coefficient (Wildman–Crippen LogP) is 3.62. The monoisotopic (exact) mass is 584 g/mol. The third kappa shape index (κ3) is 5.55. The summed E-state index contributed by atoms with van der Waals surface area (Å²) >= 11 is 0. The Labute approximate surface area is 252 Å². The molecular weight excluding hydrogens is 544 g/mol. The van der Waals surface area contributed by atoms with Crippen LogP contribution in [0.2, 0.25) is 0 Å². The number of benzene rings is 2. The van der Waals surface area contributed by atoms with Crippen molar-refractivity contribution in [3.63, 3.8) is 0 Å². The van der Waals surface area contributed by atoms with Crippen LogP contribution in [-0.2, 0) is 16.1 Å². The fraction of sp³-hybridized carbons (Fsp3) is 0.529. The maximum Gasteiger partial charge on any atom is 0.255 e. The number of amides is 4. The van der Waals surface area contributed by atoms with Gasteiger partial charge in [0.1, 0.15) is 17.9 Å². The molecule has 0 aromatic heterocycles. The van der Waals surface area contributed by atoms with Gasteiger partial charge in [-0.25, -0.2) is 0 Å². The van der Waals surface area contributed by atoms with Crippen molar-refractivity contribution < 1.29 is 23.9 Å². The number of hydrogen-bond donors (Lipinski definition) is 1. The van der Waals surface area contributed by atoms with Crippen molar-refractivity contribution in [1.82, 2.24) is 20.0 Å². The highest BCUT2D eigenvalue weighted by molar-refractivity contribution is 6.05. The van der Waals surface area contributed by atoms with Crippen LogP contribution in [-0.4, -0.2) is 82.7 Å². The normalized spacial score (nSPS) is 27.1. The number of nitrogens with zero attached hydrogens (tertiary/aromatic N) is 3. The Morgan fingerprint density at radius 1 is 0.860 bits per heavy atom. The number of nitrogens with one attached hydrogen (secondary N) is 1. The number of piperidine rings is 2. The van der Waals surface area contributed by atoms with Gasteiger partial charge in [-0.2, -0.15) is 0 Å². The zero-order chi connectivity index (χ0) is 29.5. The van der Waals surface area contributed by atoms with Crippen LogP contribution in [0.5, 0.6) is 5.75 Å². The predicted molar refractivity (Wildman–Crippen MR) is 159 cm³/mol. The number of hydrogen-bond acceptors (Lipinski definition) is 6. The molecule has 1 aliphatic carbocycles. The van der Waals surface area contributed by atoms with E-state index in [2.05, 4.69) is 10.2 Å². The van der Waals surface area contributed by atoms with Gasteiger partial charge in [0.2, 0.25) is 11.8 Å². The first-order valence-electron chi connectivity index (χ1n) is 16.0. The van der Waals surface area contributed by atoms with Crippen LogP contribution in [0.1, 0.15) is 77.6 Å². The molecule has 2 aromatic carbocycles. The molecule has 1 unspecified atom stereocenters. The second-order valence-electron chi connectivity index (χ2n) is 12.9. The largest absolute Gasteiger partial charge is 0.489 e. The number of rotatable bonds is 6. The smallest absolute Gasteiger partial charge is 0.255 e. The molecule has 0 spiro atoms. The first kappa shape index (κ1) is 28.1. The fourth-order valence-corrected chi connectivity index (χ4v) is 7.89. The second kappa shape index (κ2) is 11.8. The van der Waals surface area contributed by atoms with Gasteiger partial charge in [-0.3, -0.25) is 29.4 Å². The SMILES string of the molecule is O=C1CCC(N2Cc3cc(O[C@H]4CCCC[C@@H]4N4CC(C5CCN(C(=O)c6ccccc6)CC5)C4)ccc3C2=O)C(=O)N1. The van der Waals surface area contributed by atoms with Crippen molar-refractivity contribution >= 4 is 23.6 Å². The van der Waals surface area contributed by atoms with Gasteiger partial charge in [-0.1, -0.05) is 24.6 Å². The van der Waals surface area contributed by atoms with Gasteiger partial charge in [0.25, 0.3) is 11.8 Å². The number of ether oxygens (including phenoxy) is 1. The summed E-state index contributed by atoms with van der Waals surface area (Å²) in [5.41, 5.74) is 2.26. The molecule has 1 N–H and O–H groups in total. The summed E-state index contributed by atoms with van der Waals surface area (Å²) in [6.45, 7) is 4.23. The molecule has 9 nitrogen and oxygen atoms in total. The first-order chi connectivity index (χ1) is 20.9. The number of carbonyl (C=O) groups is 4. The van der Waals surface area contributed by atoms with E-state index in [4.69, 9.17) is 4.74 Å². The minimum absolute atomic E-state index is 0.112. The summed E-state index contributed by atoms with van der Waals surface area (Å²) < 4.78 is 6.62. The molecule has 1 saturated carbocycles. The highest BCUT2D eigenvalue weighted by atomic mass is 16.5. The van der Waals surface area contributed by atoms with Crippen molar-refractivity contribution in [3.8, 4) is 5.75 Å². The minimum atomic E-state index is -0.611. The fourth-order valence-electron chi connectivity index (χ4n) is 7.89. The lowest BCUT2D eigenvalue weighted by atomic mass is 9.77. The molecule has 4 fully saturated rings. The molecule has 0 bridgehead atoms. The molecule has 2 aromatic rings. The molecule has 4 amide bonds. The Morgan fingerprint density at radius 2 is 1.63 bits per heavy atom. The van der Waals surface area contributed by atoms with Gasteiger partial charge >= 0.3 is 0 Å². The molecular formula is C34H40N4O5. The van der Waals surface area contributed by atoms with E-state index < -0.39 is 11.9 Å². The average molecular weight is 585 g/mol. The minimum Gasteiger partial charge on any atom is -0.489 e. The van der Waals surface area contributed by atoms with Gasteiger partial charge in [0, 0.05) is 56.3 Å². The van der Waals surface area contributed by atoms with Crippen molar-refractivity contribution in [2.24, 2.45) is 11.8 Å². The zero-order valence-corrected chi connectivity index (χ0v) is 24.6. The Balaban J connectivity index is 0.931. The Morgan fingerprint density at radius 3 is 2.40 bits per heavy atom. The van der Waals surface area contributed by atoms with Crippen LogP contribution in [0.3, 0.4) is 0 Å². The lowest BCUT2D eigenvalue weighted by Gasteiger charge is -2.51. The average Bonchev–Trinajstić information content (AvgIpc) is 3.32. The third-order valence-electron chi connectivity index (χ3n) is 10.4. The van der Waals surface area contributed by atoms with Crippen molar-refractivity contribution in [1.29, 1.82) is 0 Å². The summed E-state index contributed by atoms with van der Waals surface area (Å²) in [6.07, 6.45) is 7.39. The van der Waals surface area contributed by atoms with Gasteiger partial charge in [0.15, 0.2) is 0 Å². The maximum absolute atomic E-state index is 13.1. The highest BCUT2D eigenvalue weighted by Gasteiger charge is 2.43. The van der Waals surface area contributed by atoms with E-state index in [9.17, 15) is 19.2 Å². The number of fused-ring (bicyclic) bond motifs is 1. The van der Waals surface area contributed by atoms with Crippen LogP contribution in [0, 0.1) is 11.8 Å². The lowest BCUT2D eigenvalue weighted by Crippen LogP contribution is -2.60. The molecule has 3 saturated heterocycles. The quantitative estimate of drug-likeness (QED) is 0.521. The van der Waals surface area contributed by atoms with Gasteiger partial charge in [-0.05, 0) is 86.3 Å². The standard InChI is InChI=1S/C34H40N4O5/c39-31-13-12-29(32(40)35-31)38-21-24-18-26(10-11-27(24)34(38)42)43-30-9-5-4-8-28(30)37-19-25(20-37)22-14-16-36(17-15-22)33(41)23-6-2-1-3-7-23/h1-3,6-7,10-11,18,22,25,28-30H,4-5,8-9,12-17,19-21H2,(H,35,39,40)/t28-,29?,30-/m0/s1. The molecule has 0 radical (unpaired) electrons. The molecule has 4 aliphatic heterocycles. The van der Waals surface area contributed by atoms with Crippen LogP contribution in [0.25, 0.3) is 0 Å². The zero-order valence-electron chi connectivity index (χ0n) is 24.6. The Kier molecular flexibility index (Phi) is 7.67. The van der Waals surface area contributed by atoms with Crippen molar-refractivity contribution in [2.75, 3.05) is 26.2 Å². The van der Waals surface area contributed by atoms with E-state index >= 15 is 0 Å². The van der Waals surface area contributed by atoms with Gasteiger partial charge in [0.05, 0.1) is 0 Å². The number of carbonyl (C=O) groups excluding carboxylic acids is 4. The molecule has 226 valence electrons. The van der Waals surface area contributed by atoms with E-state index in [0.717, 1.165) is 75.2 Å². The van der Waals surface area contributed by atoms with E-state index in [-0.39, 0.29) is 30.2 Å². The molecule has 9 heteroatoms.